The normalized spacial score (nSPS) is 11.0. The zero-order valence-corrected chi connectivity index (χ0v) is 17.3. The van der Waals surface area contributed by atoms with Crippen molar-refractivity contribution in [1.29, 1.82) is 0 Å². The van der Waals surface area contributed by atoms with Crippen LogP contribution in [0.1, 0.15) is 10.4 Å². The number of halogens is 2. The molecule has 4 rings (SSSR count). The molecule has 0 aliphatic heterocycles. The Morgan fingerprint density at radius 2 is 1.66 bits per heavy atom. The zero-order valence-electron chi connectivity index (χ0n) is 15.0. The van der Waals surface area contributed by atoms with Gasteiger partial charge in [-0.05, 0) is 30.3 Å². The van der Waals surface area contributed by atoms with Crippen LogP contribution in [0, 0.1) is 0 Å². The van der Waals surface area contributed by atoms with Crippen LogP contribution in [0.2, 0.25) is 10.0 Å². The molecule has 4 aromatic rings. The van der Waals surface area contributed by atoms with E-state index in [1.54, 1.807) is 48.5 Å². The molecule has 1 heterocycles. The first-order valence-corrected chi connectivity index (χ1v) is 10.5. The molecule has 0 fully saturated rings. The van der Waals surface area contributed by atoms with Crippen LogP contribution < -0.4 is 5.56 Å². The van der Waals surface area contributed by atoms with E-state index in [-0.39, 0.29) is 17.1 Å². The maximum absolute atomic E-state index is 13.2. The Hall–Kier alpha value is -2.60. The van der Waals surface area contributed by atoms with Crippen molar-refractivity contribution in [3.63, 3.8) is 0 Å². The SMILES string of the molecule is O=C(CSc1nc2ccccc2c(=O)n1-c1ccc(Cl)c(Cl)c1)c1ccccc1. The summed E-state index contributed by atoms with van der Waals surface area (Å²) < 4.78 is 1.47. The van der Waals surface area contributed by atoms with Gasteiger partial charge in [-0.1, -0.05) is 77.4 Å². The maximum atomic E-state index is 13.2. The molecule has 29 heavy (non-hydrogen) atoms. The summed E-state index contributed by atoms with van der Waals surface area (Å²) in [6.45, 7) is 0. The molecule has 0 aliphatic rings. The summed E-state index contributed by atoms with van der Waals surface area (Å²) in [5, 5.41) is 1.62. The molecule has 0 unspecified atom stereocenters. The lowest BCUT2D eigenvalue weighted by Gasteiger charge is -2.13. The number of Topliss-reactive ketones (excluding diaryl/α,β-unsaturated/α-hetero) is 1. The summed E-state index contributed by atoms with van der Waals surface area (Å²) in [6, 6.07) is 21.1. The van der Waals surface area contributed by atoms with Crippen molar-refractivity contribution in [2.24, 2.45) is 0 Å². The third kappa shape index (κ3) is 4.08. The lowest BCUT2D eigenvalue weighted by atomic mass is 10.2. The van der Waals surface area contributed by atoms with E-state index in [0.717, 1.165) is 0 Å². The Morgan fingerprint density at radius 3 is 2.41 bits per heavy atom. The molecule has 7 heteroatoms. The second-order valence-corrected chi connectivity index (χ2v) is 7.99. The number of ketones is 1. The number of fused-ring (bicyclic) bond motifs is 1. The van der Waals surface area contributed by atoms with E-state index >= 15 is 0 Å². The number of hydrogen-bond acceptors (Lipinski definition) is 4. The number of benzene rings is 3. The molecule has 0 radical (unpaired) electrons. The molecule has 0 saturated heterocycles. The highest BCUT2D eigenvalue weighted by Gasteiger charge is 2.16. The van der Waals surface area contributed by atoms with Crippen molar-refractivity contribution in [3.05, 3.63) is 98.8 Å². The van der Waals surface area contributed by atoms with E-state index in [0.29, 0.717) is 37.4 Å². The van der Waals surface area contributed by atoms with Crippen LogP contribution in [0.5, 0.6) is 0 Å². The Balaban J connectivity index is 1.80. The van der Waals surface area contributed by atoms with Crippen LogP contribution in [-0.2, 0) is 0 Å². The number of rotatable bonds is 5. The molecule has 0 amide bonds. The average Bonchev–Trinajstić information content (AvgIpc) is 2.75. The van der Waals surface area contributed by atoms with E-state index in [4.69, 9.17) is 23.2 Å². The van der Waals surface area contributed by atoms with Crippen LogP contribution in [0.3, 0.4) is 0 Å². The number of aromatic nitrogens is 2. The fourth-order valence-electron chi connectivity index (χ4n) is 2.90. The lowest BCUT2D eigenvalue weighted by molar-refractivity contribution is 0.102. The Kier molecular flexibility index (Phi) is 5.72. The van der Waals surface area contributed by atoms with Crippen LogP contribution in [-0.4, -0.2) is 21.1 Å². The number of para-hydroxylation sites is 1. The summed E-state index contributed by atoms with van der Waals surface area (Å²) >= 11 is 13.4. The molecule has 0 N–H and O–H groups in total. The van der Waals surface area contributed by atoms with Crippen LogP contribution in [0.15, 0.2) is 82.7 Å². The smallest absolute Gasteiger partial charge is 0.266 e. The Labute approximate surface area is 181 Å². The van der Waals surface area contributed by atoms with Crippen molar-refractivity contribution in [2.45, 2.75) is 5.16 Å². The van der Waals surface area contributed by atoms with Gasteiger partial charge >= 0.3 is 0 Å². The fraction of sp³-hybridized carbons (Fsp3) is 0.0455. The first-order chi connectivity index (χ1) is 14.0. The first-order valence-electron chi connectivity index (χ1n) is 8.73. The number of carbonyl (C=O) groups excluding carboxylic acids is 1. The number of thioether (sulfide) groups is 1. The highest BCUT2D eigenvalue weighted by Crippen LogP contribution is 2.27. The second kappa shape index (κ2) is 8.41. The van der Waals surface area contributed by atoms with Gasteiger partial charge in [-0.15, -0.1) is 0 Å². The van der Waals surface area contributed by atoms with Crippen molar-refractivity contribution in [3.8, 4) is 5.69 Å². The molecule has 4 nitrogen and oxygen atoms in total. The van der Waals surface area contributed by atoms with E-state index in [2.05, 4.69) is 4.98 Å². The molecule has 0 bridgehead atoms. The quantitative estimate of drug-likeness (QED) is 0.228. The summed E-state index contributed by atoms with van der Waals surface area (Å²) in [5.41, 5.74) is 1.49. The van der Waals surface area contributed by atoms with Gasteiger partial charge < -0.3 is 0 Å². The minimum Gasteiger partial charge on any atom is -0.293 e. The van der Waals surface area contributed by atoms with Gasteiger partial charge in [0.1, 0.15) is 0 Å². The number of nitrogens with zero attached hydrogens (tertiary/aromatic N) is 2. The van der Waals surface area contributed by atoms with Gasteiger partial charge in [0.15, 0.2) is 10.9 Å². The van der Waals surface area contributed by atoms with Gasteiger partial charge in [0.25, 0.3) is 5.56 Å². The molecule has 0 atom stereocenters. The minimum atomic E-state index is -0.233. The van der Waals surface area contributed by atoms with Crippen molar-refractivity contribution >= 4 is 51.6 Å². The minimum absolute atomic E-state index is 0.0429. The molecule has 0 aliphatic carbocycles. The zero-order chi connectivity index (χ0) is 20.4. The van der Waals surface area contributed by atoms with E-state index in [9.17, 15) is 9.59 Å². The van der Waals surface area contributed by atoms with Crippen LogP contribution in [0.4, 0.5) is 0 Å². The van der Waals surface area contributed by atoms with Gasteiger partial charge in [-0.3, -0.25) is 14.2 Å². The largest absolute Gasteiger partial charge is 0.293 e. The van der Waals surface area contributed by atoms with Crippen molar-refractivity contribution < 1.29 is 4.79 Å². The van der Waals surface area contributed by atoms with Crippen LogP contribution in [0.25, 0.3) is 16.6 Å². The standard InChI is InChI=1S/C22H14Cl2N2O2S/c23-17-11-10-15(12-18(17)24)26-21(28)16-8-4-5-9-19(16)25-22(26)29-13-20(27)14-6-2-1-3-7-14/h1-12H,13H2. The van der Waals surface area contributed by atoms with Gasteiger partial charge in [-0.25, -0.2) is 4.98 Å². The van der Waals surface area contributed by atoms with E-state index in [1.807, 2.05) is 24.3 Å². The third-order valence-electron chi connectivity index (χ3n) is 4.33. The van der Waals surface area contributed by atoms with Crippen LogP contribution >= 0.6 is 35.0 Å². The molecular formula is C22H14Cl2N2O2S. The molecule has 0 saturated carbocycles. The van der Waals surface area contributed by atoms with E-state index < -0.39 is 0 Å². The summed E-state index contributed by atoms with van der Waals surface area (Å²) in [6.07, 6.45) is 0. The summed E-state index contributed by atoms with van der Waals surface area (Å²) in [5.74, 6) is 0.106. The number of carbonyl (C=O) groups is 1. The predicted molar refractivity (Wildman–Crippen MR) is 119 cm³/mol. The monoisotopic (exact) mass is 440 g/mol. The van der Waals surface area contributed by atoms with Crippen molar-refractivity contribution in [2.75, 3.05) is 5.75 Å². The maximum Gasteiger partial charge on any atom is 0.266 e. The summed E-state index contributed by atoms with van der Waals surface area (Å²) in [4.78, 5) is 30.4. The molecule has 3 aromatic carbocycles. The second-order valence-electron chi connectivity index (χ2n) is 6.23. The molecular weight excluding hydrogens is 427 g/mol. The Morgan fingerprint density at radius 1 is 0.931 bits per heavy atom. The van der Waals surface area contributed by atoms with E-state index in [1.165, 1.54) is 16.3 Å². The van der Waals surface area contributed by atoms with Crippen molar-refractivity contribution in [1.82, 2.24) is 9.55 Å². The first kappa shape index (κ1) is 19.7. The topological polar surface area (TPSA) is 52.0 Å². The Bertz CT molecular complexity index is 1270. The predicted octanol–water partition coefficient (Wildman–Crippen LogP) is 5.67. The fourth-order valence-corrected chi connectivity index (χ4v) is 4.10. The molecule has 144 valence electrons. The third-order valence-corrected chi connectivity index (χ3v) is 6.01. The molecule has 0 spiro atoms. The van der Waals surface area contributed by atoms with Gasteiger partial charge in [0.2, 0.25) is 0 Å². The average molecular weight is 441 g/mol. The number of hydrogen-bond donors (Lipinski definition) is 0. The van der Waals surface area contributed by atoms with Gasteiger partial charge in [-0.2, -0.15) is 0 Å². The lowest BCUT2D eigenvalue weighted by Crippen LogP contribution is -2.22. The molecule has 1 aromatic heterocycles. The summed E-state index contributed by atoms with van der Waals surface area (Å²) in [7, 11) is 0. The van der Waals surface area contributed by atoms with Gasteiger partial charge in [0, 0.05) is 5.56 Å². The highest BCUT2D eigenvalue weighted by atomic mass is 35.5. The highest BCUT2D eigenvalue weighted by molar-refractivity contribution is 7.99. The van der Waals surface area contributed by atoms with Gasteiger partial charge in [0.05, 0.1) is 32.4 Å².